The second-order valence-electron chi connectivity index (χ2n) is 11.5. The van der Waals surface area contributed by atoms with Crippen LogP contribution in [0.2, 0.25) is 16.6 Å². The predicted octanol–water partition coefficient (Wildman–Crippen LogP) is 5.95. The van der Waals surface area contributed by atoms with Crippen molar-refractivity contribution >= 4 is 26.3 Å². The number of anilines is 1. The normalized spacial score (nSPS) is 12.7. The van der Waals surface area contributed by atoms with Gasteiger partial charge in [-0.25, -0.2) is 19.7 Å². The van der Waals surface area contributed by atoms with Gasteiger partial charge in [0.15, 0.2) is 0 Å². The van der Waals surface area contributed by atoms with Crippen LogP contribution in [0, 0.1) is 11.5 Å². The van der Waals surface area contributed by atoms with Crippen LogP contribution in [0.5, 0.6) is 0 Å². The van der Waals surface area contributed by atoms with Crippen LogP contribution < -0.4 is 5.32 Å². The number of pyridine rings is 1. The summed E-state index contributed by atoms with van der Waals surface area (Å²) in [4.78, 5) is 38.7. The summed E-state index contributed by atoms with van der Waals surface area (Å²) in [6.45, 7) is 19.2. The molecular weight excluding hydrogens is 494 g/mol. The molecule has 2 heterocycles. The number of hydrogen-bond acceptors (Lipinski definition) is 7. The van der Waals surface area contributed by atoms with Crippen molar-refractivity contribution in [1.82, 2.24) is 19.9 Å². The van der Waals surface area contributed by atoms with Crippen molar-refractivity contribution in [3.8, 4) is 22.6 Å². The molecule has 0 radical (unpaired) electrons. The molecule has 38 heavy (non-hydrogen) atoms. The van der Waals surface area contributed by atoms with Gasteiger partial charge >= 0.3 is 6.09 Å². The van der Waals surface area contributed by atoms with Crippen LogP contribution in [0.3, 0.4) is 0 Å². The van der Waals surface area contributed by atoms with Crippen LogP contribution in [0.15, 0.2) is 30.9 Å². The molecule has 1 amide bonds. The molecule has 9 heteroatoms. The lowest BCUT2D eigenvalue weighted by Crippen LogP contribution is -2.44. The quantitative estimate of drug-likeness (QED) is 0.240. The number of hydrogen-bond donors (Lipinski definition) is 1. The lowest BCUT2D eigenvalue weighted by molar-refractivity contribution is -0.111. The fraction of sp³-hybridized carbons (Fsp3) is 0.552. The summed E-state index contributed by atoms with van der Waals surface area (Å²) >= 11 is 0. The van der Waals surface area contributed by atoms with Gasteiger partial charge in [-0.05, 0) is 49.5 Å². The Kier molecular flexibility index (Phi) is 10.6. The molecule has 0 spiro atoms. The van der Waals surface area contributed by atoms with Crippen LogP contribution >= 0.6 is 0 Å². The molecule has 0 fully saturated rings. The van der Waals surface area contributed by atoms with Crippen molar-refractivity contribution in [1.29, 1.82) is 0 Å². The maximum atomic E-state index is 12.4. The lowest BCUT2D eigenvalue weighted by atomic mass is 10.1. The second kappa shape index (κ2) is 13.0. The van der Waals surface area contributed by atoms with Gasteiger partial charge in [-0.2, -0.15) is 0 Å². The minimum absolute atomic E-state index is 0.176. The summed E-state index contributed by atoms with van der Waals surface area (Å²) in [5, 5.41) is 3.20. The Labute approximate surface area is 229 Å². The first-order valence-corrected chi connectivity index (χ1v) is 15.4. The molecule has 206 valence electrons. The van der Waals surface area contributed by atoms with E-state index in [1.54, 1.807) is 40.2 Å². The minimum atomic E-state index is -2.00. The molecule has 2 aromatic rings. The molecule has 0 saturated heterocycles. The van der Waals surface area contributed by atoms with Gasteiger partial charge in [0, 0.05) is 37.1 Å². The van der Waals surface area contributed by atoms with E-state index in [4.69, 9.17) is 9.72 Å². The summed E-state index contributed by atoms with van der Waals surface area (Å²) < 4.78 is 5.40. The first-order valence-electron chi connectivity index (χ1n) is 13.2. The Morgan fingerprint density at radius 1 is 1.08 bits per heavy atom. The van der Waals surface area contributed by atoms with Crippen LogP contribution in [-0.2, 0) is 9.53 Å². The maximum absolute atomic E-state index is 12.4. The molecule has 0 aliphatic heterocycles. The Morgan fingerprint density at radius 2 is 1.66 bits per heavy atom. The van der Waals surface area contributed by atoms with Gasteiger partial charge in [0.05, 0.1) is 0 Å². The molecule has 1 atom stereocenters. The van der Waals surface area contributed by atoms with Crippen LogP contribution in [0.4, 0.5) is 10.6 Å². The van der Waals surface area contributed by atoms with Gasteiger partial charge in [-0.3, -0.25) is 4.90 Å². The molecule has 0 saturated carbocycles. The number of nitrogens with zero attached hydrogens (tertiary/aromatic N) is 4. The summed E-state index contributed by atoms with van der Waals surface area (Å²) in [7, 11) is -0.451. The van der Waals surface area contributed by atoms with E-state index < -0.39 is 25.8 Å². The molecule has 8 nitrogen and oxygen atoms in total. The zero-order valence-electron chi connectivity index (χ0n) is 24.5. The fourth-order valence-electron chi connectivity index (χ4n) is 4.88. The van der Waals surface area contributed by atoms with Gasteiger partial charge in [-0.15, -0.1) is 5.54 Å². The smallest absolute Gasteiger partial charge is 0.410 e. The Morgan fingerprint density at radius 3 is 2.16 bits per heavy atom. The van der Waals surface area contributed by atoms with E-state index in [-0.39, 0.29) is 6.54 Å². The number of aldehydes is 1. The number of ether oxygens (including phenoxy) is 1. The largest absolute Gasteiger partial charge is 0.444 e. The molecule has 0 aromatic carbocycles. The zero-order valence-corrected chi connectivity index (χ0v) is 25.5. The fourth-order valence-corrected chi connectivity index (χ4v) is 10.1. The minimum Gasteiger partial charge on any atom is -0.444 e. The van der Waals surface area contributed by atoms with E-state index in [2.05, 4.69) is 68.3 Å². The summed E-state index contributed by atoms with van der Waals surface area (Å²) in [6, 6.07) is 3.04. The number of amides is 1. The van der Waals surface area contributed by atoms with Gasteiger partial charge in [0.25, 0.3) is 0 Å². The van der Waals surface area contributed by atoms with Gasteiger partial charge in [0.2, 0.25) is 0 Å². The third-order valence-electron chi connectivity index (χ3n) is 6.86. The average Bonchev–Trinajstić information content (AvgIpc) is 2.83. The second-order valence-corrected chi connectivity index (χ2v) is 17.1. The number of rotatable bonds is 9. The highest BCUT2D eigenvalue weighted by Crippen LogP contribution is 2.41. The summed E-state index contributed by atoms with van der Waals surface area (Å²) in [5.41, 5.74) is 6.85. The third kappa shape index (κ3) is 7.64. The molecular formula is C29H43N5O3Si. The Bertz CT molecular complexity index is 1130. The van der Waals surface area contributed by atoms with Crippen molar-refractivity contribution in [2.45, 2.75) is 90.6 Å². The van der Waals surface area contributed by atoms with Crippen molar-refractivity contribution in [3.05, 3.63) is 36.5 Å². The molecule has 2 aromatic heterocycles. The number of aromatic nitrogens is 3. The number of nitrogens with one attached hydrogen (secondary N) is 1. The SMILES string of the molecule is CC(C)[Si](C#Cc1nc(NCC(C=O)N(C)C(=O)OC(C)(C)C)ccc1-c1cncnc1)(C(C)C)C(C)C. The lowest BCUT2D eigenvalue weighted by Gasteiger charge is -2.38. The Balaban J connectivity index is 2.45. The molecule has 0 bridgehead atoms. The van der Waals surface area contributed by atoms with E-state index in [0.717, 1.165) is 17.4 Å². The third-order valence-corrected chi connectivity index (χ3v) is 13.1. The highest BCUT2D eigenvalue weighted by molar-refractivity contribution is 6.90. The predicted molar refractivity (Wildman–Crippen MR) is 156 cm³/mol. The van der Waals surface area contributed by atoms with E-state index >= 15 is 0 Å². The number of carbonyl (C=O) groups is 2. The molecule has 1 N–H and O–H groups in total. The van der Waals surface area contributed by atoms with E-state index in [1.807, 2.05) is 12.1 Å². The van der Waals surface area contributed by atoms with Crippen molar-refractivity contribution in [2.75, 3.05) is 18.9 Å². The number of carbonyl (C=O) groups excluding carboxylic acids is 2. The van der Waals surface area contributed by atoms with Crippen molar-refractivity contribution < 1.29 is 14.3 Å². The number of likely N-dealkylation sites (N-methyl/N-ethyl adjacent to an activating group) is 1. The van der Waals surface area contributed by atoms with Crippen LogP contribution in [0.1, 0.15) is 68.0 Å². The molecule has 0 aliphatic rings. The maximum Gasteiger partial charge on any atom is 0.410 e. The van der Waals surface area contributed by atoms with Crippen LogP contribution in [0.25, 0.3) is 11.1 Å². The van der Waals surface area contributed by atoms with Crippen molar-refractivity contribution in [2.24, 2.45) is 0 Å². The average molecular weight is 538 g/mol. The highest BCUT2D eigenvalue weighted by Gasteiger charge is 2.41. The van der Waals surface area contributed by atoms with E-state index in [0.29, 0.717) is 28.1 Å². The van der Waals surface area contributed by atoms with Gasteiger partial charge < -0.3 is 14.8 Å². The summed E-state index contributed by atoms with van der Waals surface area (Å²) in [5.74, 6) is 4.02. The molecule has 0 aliphatic carbocycles. The topological polar surface area (TPSA) is 97.3 Å². The monoisotopic (exact) mass is 537 g/mol. The van der Waals surface area contributed by atoms with E-state index in [9.17, 15) is 9.59 Å². The van der Waals surface area contributed by atoms with Crippen molar-refractivity contribution in [3.63, 3.8) is 0 Å². The zero-order chi connectivity index (χ0) is 28.7. The molecule has 2 rings (SSSR count). The first kappa shape index (κ1) is 31.0. The van der Waals surface area contributed by atoms with Crippen LogP contribution in [-0.4, -0.2) is 65.5 Å². The standard InChI is InChI=1S/C29H43N5O3Si/c1-20(2)38(21(3)4,22(5)6)14-13-26-25(23-15-30-19-31-16-23)11-12-27(33-26)32-17-24(18-35)34(10)28(36)37-29(7,8)9/h11-12,15-16,18-22,24H,17H2,1-10H3,(H,32,33). The highest BCUT2D eigenvalue weighted by atomic mass is 28.3. The van der Waals surface area contributed by atoms with E-state index in [1.165, 1.54) is 11.2 Å². The summed E-state index contributed by atoms with van der Waals surface area (Å²) in [6.07, 6.45) is 5.15. The van der Waals surface area contributed by atoms with Gasteiger partial charge in [0.1, 0.15) is 43.8 Å². The first-order chi connectivity index (χ1) is 17.7. The molecule has 1 unspecified atom stereocenters. The Hall–Kier alpha value is -3.25. The van der Waals surface area contributed by atoms with Gasteiger partial charge in [-0.1, -0.05) is 47.5 Å².